The van der Waals surface area contributed by atoms with Crippen molar-refractivity contribution in [1.29, 1.82) is 0 Å². The van der Waals surface area contributed by atoms with Gasteiger partial charge in [-0.15, -0.1) is 0 Å². The zero-order valence-corrected chi connectivity index (χ0v) is 13.8. The quantitative estimate of drug-likeness (QED) is 0.793. The van der Waals surface area contributed by atoms with Crippen LogP contribution in [0, 0.1) is 0 Å². The highest BCUT2D eigenvalue weighted by Gasteiger charge is 2.15. The van der Waals surface area contributed by atoms with E-state index in [1.807, 2.05) is 56.4 Å². The summed E-state index contributed by atoms with van der Waals surface area (Å²) in [4.78, 5) is 21.8. The highest BCUT2D eigenvalue weighted by Crippen LogP contribution is 2.19. The summed E-state index contributed by atoms with van der Waals surface area (Å²) in [5.74, 6) is 0.671. The second kappa shape index (κ2) is 6.52. The van der Waals surface area contributed by atoms with Crippen LogP contribution >= 0.6 is 11.6 Å². The van der Waals surface area contributed by atoms with E-state index in [1.165, 1.54) is 0 Å². The predicted molar refractivity (Wildman–Crippen MR) is 93.7 cm³/mol. The summed E-state index contributed by atoms with van der Waals surface area (Å²) in [5.41, 5.74) is 1.78. The molecule has 3 aromatic rings. The van der Waals surface area contributed by atoms with Crippen molar-refractivity contribution >= 4 is 22.5 Å². The van der Waals surface area contributed by atoms with Gasteiger partial charge in [-0.3, -0.25) is 9.69 Å². The molecule has 1 atom stereocenters. The zero-order chi connectivity index (χ0) is 16.4. The molecule has 1 aromatic heterocycles. The number of H-pyrrole nitrogens is 1. The van der Waals surface area contributed by atoms with Crippen LogP contribution in [0.1, 0.15) is 24.4 Å². The van der Waals surface area contributed by atoms with E-state index in [0.717, 1.165) is 22.6 Å². The number of aromatic amines is 1. The second-order valence-corrected chi connectivity index (χ2v) is 6.12. The smallest absolute Gasteiger partial charge is 0.258 e. The Kier molecular flexibility index (Phi) is 4.46. The first-order valence-corrected chi connectivity index (χ1v) is 7.86. The van der Waals surface area contributed by atoms with Crippen molar-refractivity contribution in [3.05, 3.63) is 75.3 Å². The van der Waals surface area contributed by atoms with Crippen LogP contribution in [-0.2, 0) is 6.54 Å². The number of fused-ring (bicyclic) bond motifs is 1. The Hall–Kier alpha value is -2.17. The number of halogens is 1. The van der Waals surface area contributed by atoms with Gasteiger partial charge in [-0.05, 0) is 43.8 Å². The molecule has 0 bridgehead atoms. The minimum absolute atomic E-state index is 0.0111. The number of hydrogen-bond acceptors (Lipinski definition) is 3. The normalized spacial score (nSPS) is 12.7. The topological polar surface area (TPSA) is 49.0 Å². The summed E-state index contributed by atoms with van der Waals surface area (Å²) in [6.45, 7) is 2.78. The summed E-state index contributed by atoms with van der Waals surface area (Å²) in [7, 11) is 2.01. The molecule has 2 aromatic carbocycles. The van der Waals surface area contributed by atoms with Crippen molar-refractivity contribution in [2.24, 2.45) is 0 Å². The van der Waals surface area contributed by atoms with E-state index in [1.54, 1.807) is 6.07 Å². The summed E-state index contributed by atoms with van der Waals surface area (Å²) in [5, 5.41) is 1.34. The fraction of sp³-hybridized carbons (Fsp3) is 0.222. The molecule has 0 fully saturated rings. The molecular weight excluding hydrogens is 310 g/mol. The summed E-state index contributed by atoms with van der Waals surface area (Å²) in [6, 6.07) is 15.1. The number of nitrogens with one attached hydrogen (secondary N) is 1. The molecule has 0 amide bonds. The first-order valence-electron chi connectivity index (χ1n) is 7.48. The van der Waals surface area contributed by atoms with Gasteiger partial charge in [0.15, 0.2) is 0 Å². The van der Waals surface area contributed by atoms with Gasteiger partial charge in [0.1, 0.15) is 5.82 Å². The predicted octanol–water partition coefficient (Wildman–Crippen LogP) is 3.77. The van der Waals surface area contributed by atoms with E-state index in [4.69, 9.17) is 11.6 Å². The number of hydrogen-bond donors (Lipinski definition) is 1. The lowest BCUT2D eigenvalue weighted by Gasteiger charge is -2.24. The molecule has 0 aliphatic rings. The molecule has 23 heavy (non-hydrogen) atoms. The van der Waals surface area contributed by atoms with Gasteiger partial charge in [0.05, 0.1) is 16.9 Å². The van der Waals surface area contributed by atoms with Crippen LogP contribution < -0.4 is 5.56 Å². The van der Waals surface area contributed by atoms with E-state index in [0.29, 0.717) is 11.2 Å². The van der Waals surface area contributed by atoms with Crippen molar-refractivity contribution in [1.82, 2.24) is 14.9 Å². The van der Waals surface area contributed by atoms with E-state index in [9.17, 15) is 4.79 Å². The number of para-hydroxylation sites is 1. The maximum absolute atomic E-state index is 12.2. The van der Waals surface area contributed by atoms with E-state index in [2.05, 4.69) is 14.9 Å². The van der Waals surface area contributed by atoms with Gasteiger partial charge in [0, 0.05) is 11.6 Å². The molecule has 0 radical (unpaired) electrons. The number of rotatable bonds is 4. The lowest BCUT2D eigenvalue weighted by Crippen LogP contribution is -2.26. The average molecular weight is 328 g/mol. The van der Waals surface area contributed by atoms with Gasteiger partial charge in [0.2, 0.25) is 0 Å². The van der Waals surface area contributed by atoms with Crippen molar-refractivity contribution in [3.8, 4) is 0 Å². The third-order valence-corrected chi connectivity index (χ3v) is 4.29. The molecule has 1 N–H and O–H groups in total. The maximum Gasteiger partial charge on any atom is 0.258 e. The average Bonchev–Trinajstić information content (AvgIpc) is 2.56. The maximum atomic E-state index is 12.2. The third kappa shape index (κ3) is 3.44. The van der Waals surface area contributed by atoms with E-state index in [-0.39, 0.29) is 11.6 Å². The molecule has 0 aliphatic carbocycles. The van der Waals surface area contributed by atoms with Gasteiger partial charge in [-0.2, -0.15) is 0 Å². The molecule has 5 heteroatoms. The zero-order valence-electron chi connectivity index (χ0n) is 13.1. The molecule has 1 heterocycles. The Labute approximate surface area is 139 Å². The van der Waals surface area contributed by atoms with Crippen LogP contribution in [0.25, 0.3) is 10.9 Å². The van der Waals surface area contributed by atoms with Crippen molar-refractivity contribution in [2.75, 3.05) is 7.05 Å². The monoisotopic (exact) mass is 327 g/mol. The molecule has 0 spiro atoms. The molecule has 0 saturated heterocycles. The summed E-state index contributed by atoms with van der Waals surface area (Å²) >= 11 is 5.92. The lowest BCUT2D eigenvalue weighted by molar-refractivity contribution is 0.244. The number of benzene rings is 2. The Balaban J connectivity index is 1.85. The van der Waals surface area contributed by atoms with Gasteiger partial charge in [0.25, 0.3) is 5.56 Å². The van der Waals surface area contributed by atoms with Crippen molar-refractivity contribution in [3.63, 3.8) is 0 Å². The van der Waals surface area contributed by atoms with Crippen LogP contribution in [-0.4, -0.2) is 21.9 Å². The second-order valence-electron chi connectivity index (χ2n) is 5.69. The first-order chi connectivity index (χ1) is 11.0. The van der Waals surface area contributed by atoms with Crippen LogP contribution in [0.3, 0.4) is 0 Å². The van der Waals surface area contributed by atoms with Crippen LogP contribution in [0.5, 0.6) is 0 Å². The summed E-state index contributed by atoms with van der Waals surface area (Å²) in [6.07, 6.45) is 0. The largest absolute Gasteiger partial charge is 0.309 e. The molecule has 118 valence electrons. The van der Waals surface area contributed by atoms with Crippen LogP contribution in [0.15, 0.2) is 53.3 Å². The number of nitrogens with zero attached hydrogens (tertiary/aromatic N) is 2. The standard InChI is InChI=1S/C18H18ClN3O/c1-12(22(2)11-13-7-9-14(19)10-8-13)17-20-16-6-4-3-5-15(16)18(23)21-17/h3-10,12H,11H2,1-2H3,(H,20,21,23). The fourth-order valence-corrected chi connectivity index (χ4v) is 2.65. The van der Waals surface area contributed by atoms with Gasteiger partial charge < -0.3 is 4.98 Å². The Bertz CT molecular complexity index is 873. The van der Waals surface area contributed by atoms with Gasteiger partial charge in [-0.25, -0.2) is 4.98 Å². The van der Waals surface area contributed by atoms with Gasteiger partial charge >= 0.3 is 0 Å². The minimum Gasteiger partial charge on any atom is -0.309 e. The highest BCUT2D eigenvalue weighted by molar-refractivity contribution is 6.30. The van der Waals surface area contributed by atoms with Gasteiger partial charge in [-0.1, -0.05) is 35.9 Å². The van der Waals surface area contributed by atoms with E-state index < -0.39 is 0 Å². The molecular formula is C18H18ClN3O. The lowest BCUT2D eigenvalue weighted by atomic mass is 10.2. The Morgan fingerprint density at radius 2 is 1.87 bits per heavy atom. The van der Waals surface area contributed by atoms with Crippen LogP contribution in [0.4, 0.5) is 0 Å². The Morgan fingerprint density at radius 1 is 1.17 bits per heavy atom. The molecule has 3 rings (SSSR count). The fourth-order valence-electron chi connectivity index (χ4n) is 2.53. The van der Waals surface area contributed by atoms with Crippen molar-refractivity contribution in [2.45, 2.75) is 19.5 Å². The molecule has 0 aliphatic heterocycles. The molecule has 0 saturated carbocycles. The van der Waals surface area contributed by atoms with E-state index >= 15 is 0 Å². The van der Waals surface area contributed by atoms with Crippen molar-refractivity contribution < 1.29 is 0 Å². The number of aromatic nitrogens is 2. The highest BCUT2D eigenvalue weighted by atomic mass is 35.5. The Morgan fingerprint density at radius 3 is 2.61 bits per heavy atom. The molecule has 4 nitrogen and oxygen atoms in total. The molecule has 1 unspecified atom stereocenters. The third-order valence-electron chi connectivity index (χ3n) is 4.03. The first kappa shape index (κ1) is 15.7. The SMILES string of the molecule is CC(c1nc2ccccc2c(=O)[nH]1)N(C)Cc1ccc(Cl)cc1. The van der Waals surface area contributed by atoms with Crippen LogP contribution in [0.2, 0.25) is 5.02 Å². The summed E-state index contributed by atoms with van der Waals surface area (Å²) < 4.78 is 0. The minimum atomic E-state index is -0.0997.